The lowest BCUT2D eigenvalue weighted by Gasteiger charge is -2.31. The van der Waals surface area contributed by atoms with E-state index in [1.165, 1.54) is 12.1 Å². The van der Waals surface area contributed by atoms with E-state index in [1.807, 2.05) is 12.1 Å². The van der Waals surface area contributed by atoms with Crippen molar-refractivity contribution in [2.45, 2.75) is 18.8 Å². The number of piperidine rings is 1. The van der Waals surface area contributed by atoms with E-state index in [1.54, 1.807) is 36.3 Å². The minimum Gasteiger partial charge on any atom is -0.495 e. The lowest BCUT2D eigenvalue weighted by atomic mass is 9.98. The molecule has 150 valence electrons. The van der Waals surface area contributed by atoms with Gasteiger partial charge in [-0.3, -0.25) is 0 Å². The number of para-hydroxylation sites is 2. The molecule has 1 aromatic heterocycles. The van der Waals surface area contributed by atoms with Crippen LogP contribution in [0.4, 0.5) is 14.9 Å². The number of hydrogen-bond donors (Lipinski definition) is 1. The first-order valence-corrected chi connectivity index (χ1v) is 9.42. The molecule has 0 saturated carbocycles. The second-order valence-corrected chi connectivity index (χ2v) is 6.88. The zero-order chi connectivity index (χ0) is 20.2. The Hall–Kier alpha value is -3.42. The molecular formula is C21H21FN4O3. The molecule has 1 atom stereocenters. The summed E-state index contributed by atoms with van der Waals surface area (Å²) in [4.78, 5) is 18.9. The average molecular weight is 396 g/mol. The van der Waals surface area contributed by atoms with Gasteiger partial charge in [0.25, 0.3) is 0 Å². The van der Waals surface area contributed by atoms with Crippen molar-refractivity contribution >= 4 is 11.7 Å². The third-order valence-electron chi connectivity index (χ3n) is 4.95. The number of ether oxygens (including phenoxy) is 1. The summed E-state index contributed by atoms with van der Waals surface area (Å²) in [5.41, 5.74) is 1.31. The number of hydrogen-bond acceptors (Lipinski definition) is 5. The number of nitrogens with zero attached hydrogens (tertiary/aromatic N) is 3. The largest absolute Gasteiger partial charge is 0.495 e. The second-order valence-electron chi connectivity index (χ2n) is 6.88. The smallest absolute Gasteiger partial charge is 0.321 e. The van der Waals surface area contributed by atoms with Crippen molar-refractivity contribution in [2.75, 3.05) is 25.5 Å². The Balaban J connectivity index is 1.44. The number of carbonyl (C=O) groups excluding carboxylic acids is 1. The maximum atomic E-state index is 13.1. The third kappa shape index (κ3) is 4.21. The minimum atomic E-state index is -0.318. The molecule has 1 N–H and O–H groups in total. The number of benzene rings is 2. The van der Waals surface area contributed by atoms with E-state index >= 15 is 0 Å². The number of methoxy groups -OCH3 is 1. The monoisotopic (exact) mass is 396 g/mol. The van der Waals surface area contributed by atoms with Crippen LogP contribution in [-0.4, -0.2) is 41.3 Å². The maximum absolute atomic E-state index is 13.1. The molecule has 1 aliphatic rings. The fraction of sp³-hybridized carbons (Fsp3) is 0.286. The molecule has 3 aromatic rings. The van der Waals surface area contributed by atoms with Crippen LogP contribution < -0.4 is 10.1 Å². The van der Waals surface area contributed by atoms with E-state index in [-0.39, 0.29) is 17.8 Å². The highest BCUT2D eigenvalue weighted by atomic mass is 19.1. The SMILES string of the molecule is COc1ccccc1NC(=O)N1CCCC(c2nc(-c3ccc(F)cc3)no2)C1. The van der Waals surface area contributed by atoms with Crippen molar-refractivity contribution in [3.05, 3.63) is 60.2 Å². The van der Waals surface area contributed by atoms with E-state index in [4.69, 9.17) is 9.26 Å². The van der Waals surface area contributed by atoms with Gasteiger partial charge >= 0.3 is 6.03 Å². The van der Waals surface area contributed by atoms with Crippen LogP contribution in [0, 0.1) is 5.82 Å². The van der Waals surface area contributed by atoms with Gasteiger partial charge in [-0.2, -0.15) is 4.98 Å². The van der Waals surface area contributed by atoms with Crippen LogP contribution in [0.5, 0.6) is 5.75 Å². The van der Waals surface area contributed by atoms with Gasteiger partial charge in [0.15, 0.2) is 0 Å². The summed E-state index contributed by atoms with van der Waals surface area (Å²) in [7, 11) is 1.57. The van der Waals surface area contributed by atoms with E-state index < -0.39 is 0 Å². The molecule has 2 aromatic carbocycles. The number of rotatable bonds is 4. The molecule has 0 aliphatic carbocycles. The van der Waals surface area contributed by atoms with Crippen molar-refractivity contribution in [2.24, 2.45) is 0 Å². The van der Waals surface area contributed by atoms with E-state index in [0.29, 0.717) is 41.8 Å². The highest BCUT2D eigenvalue weighted by Gasteiger charge is 2.29. The molecule has 0 spiro atoms. The molecule has 8 heteroatoms. The maximum Gasteiger partial charge on any atom is 0.321 e. The molecular weight excluding hydrogens is 375 g/mol. The molecule has 1 fully saturated rings. The lowest BCUT2D eigenvalue weighted by molar-refractivity contribution is 0.184. The molecule has 29 heavy (non-hydrogen) atoms. The zero-order valence-corrected chi connectivity index (χ0v) is 16.0. The van der Waals surface area contributed by atoms with Crippen molar-refractivity contribution < 1.29 is 18.4 Å². The molecule has 0 radical (unpaired) electrons. The molecule has 4 rings (SSSR count). The van der Waals surface area contributed by atoms with Gasteiger partial charge in [0.05, 0.1) is 18.7 Å². The minimum absolute atomic E-state index is 0.0473. The average Bonchev–Trinajstić information content (AvgIpc) is 3.25. The van der Waals surface area contributed by atoms with Gasteiger partial charge in [-0.15, -0.1) is 0 Å². The molecule has 1 saturated heterocycles. The molecule has 1 unspecified atom stereocenters. The first-order valence-electron chi connectivity index (χ1n) is 9.42. The lowest BCUT2D eigenvalue weighted by Crippen LogP contribution is -2.41. The number of halogens is 1. The fourth-order valence-corrected chi connectivity index (χ4v) is 3.42. The van der Waals surface area contributed by atoms with Gasteiger partial charge in [0.2, 0.25) is 11.7 Å². The predicted molar refractivity (Wildman–Crippen MR) is 105 cm³/mol. The number of nitrogens with one attached hydrogen (secondary N) is 1. The van der Waals surface area contributed by atoms with Crippen LogP contribution in [0.2, 0.25) is 0 Å². The Kier molecular flexibility index (Phi) is 5.41. The number of anilines is 1. The third-order valence-corrected chi connectivity index (χ3v) is 4.95. The van der Waals surface area contributed by atoms with E-state index in [2.05, 4.69) is 15.5 Å². The Bertz CT molecular complexity index is 990. The molecule has 2 amide bonds. The number of amides is 2. The van der Waals surface area contributed by atoms with Crippen LogP contribution >= 0.6 is 0 Å². The Morgan fingerprint density at radius 1 is 1.24 bits per heavy atom. The highest BCUT2D eigenvalue weighted by Crippen LogP contribution is 2.29. The van der Waals surface area contributed by atoms with Gasteiger partial charge in [-0.1, -0.05) is 17.3 Å². The Morgan fingerprint density at radius 2 is 2.03 bits per heavy atom. The summed E-state index contributed by atoms with van der Waals surface area (Å²) in [6, 6.07) is 13.0. The molecule has 1 aliphatic heterocycles. The van der Waals surface area contributed by atoms with Gasteiger partial charge in [0.1, 0.15) is 11.6 Å². The van der Waals surface area contributed by atoms with Crippen molar-refractivity contribution in [3.63, 3.8) is 0 Å². The van der Waals surface area contributed by atoms with Crippen molar-refractivity contribution in [3.8, 4) is 17.1 Å². The molecule has 7 nitrogen and oxygen atoms in total. The fourth-order valence-electron chi connectivity index (χ4n) is 3.42. The normalized spacial score (nSPS) is 16.5. The van der Waals surface area contributed by atoms with Crippen LogP contribution in [0.3, 0.4) is 0 Å². The standard InChI is InChI=1S/C21H21FN4O3/c1-28-18-7-3-2-6-17(18)23-21(27)26-12-4-5-15(13-26)20-24-19(25-29-20)14-8-10-16(22)11-9-14/h2-3,6-11,15H,4-5,12-13H2,1H3,(H,23,27). The number of likely N-dealkylation sites (tertiary alicyclic amines) is 1. The number of aromatic nitrogens is 2. The summed E-state index contributed by atoms with van der Waals surface area (Å²) >= 11 is 0. The second kappa shape index (κ2) is 8.30. The van der Waals surface area contributed by atoms with Crippen LogP contribution in [-0.2, 0) is 0 Å². The summed E-state index contributed by atoms with van der Waals surface area (Å²) in [6.45, 7) is 1.13. The topological polar surface area (TPSA) is 80.5 Å². The Morgan fingerprint density at radius 3 is 2.83 bits per heavy atom. The zero-order valence-electron chi connectivity index (χ0n) is 16.0. The summed E-state index contributed by atoms with van der Waals surface area (Å²) in [6.07, 6.45) is 1.68. The quantitative estimate of drug-likeness (QED) is 0.711. The highest BCUT2D eigenvalue weighted by molar-refractivity contribution is 5.91. The van der Waals surface area contributed by atoms with E-state index in [9.17, 15) is 9.18 Å². The van der Waals surface area contributed by atoms with Gasteiger partial charge in [-0.25, -0.2) is 9.18 Å². The molecule has 0 bridgehead atoms. The van der Waals surface area contributed by atoms with E-state index in [0.717, 1.165) is 12.8 Å². The van der Waals surface area contributed by atoms with Crippen LogP contribution in [0.15, 0.2) is 53.1 Å². The first-order chi connectivity index (χ1) is 14.1. The number of urea groups is 1. The van der Waals surface area contributed by atoms with Gasteiger partial charge in [0, 0.05) is 18.7 Å². The predicted octanol–water partition coefficient (Wildman–Crippen LogP) is 4.30. The van der Waals surface area contributed by atoms with Crippen molar-refractivity contribution in [1.82, 2.24) is 15.0 Å². The first kappa shape index (κ1) is 18.9. The Labute approximate surface area is 167 Å². The van der Waals surface area contributed by atoms with Gasteiger partial charge in [-0.05, 0) is 49.2 Å². The molecule has 2 heterocycles. The van der Waals surface area contributed by atoms with Crippen LogP contribution in [0.25, 0.3) is 11.4 Å². The summed E-state index contributed by atoms with van der Waals surface area (Å²) in [5, 5.41) is 6.91. The summed E-state index contributed by atoms with van der Waals surface area (Å²) < 4.78 is 23.8. The summed E-state index contributed by atoms with van der Waals surface area (Å²) in [5.74, 6) is 1.14. The van der Waals surface area contributed by atoms with Crippen molar-refractivity contribution in [1.29, 1.82) is 0 Å². The van der Waals surface area contributed by atoms with Gasteiger partial charge < -0.3 is 19.5 Å². The van der Waals surface area contributed by atoms with Crippen LogP contribution in [0.1, 0.15) is 24.7 Å². The number of carbonyl (C=O) groups is 1.